The van der Waals surface area contributed by atoms with Crippen LogP contribution >= 0.6 is 0 Å². The number of hydrogen-bond donors (Lipinski definition) is 2. The standard InChI is InChI=1S/C10H12N2O4/c1-16-12(15)8-4-2-7(3-5-8)6-9(11)10(13)14/h2-5,9H,6,11H2,1H3/p+1. The predicted molar refractivity (Wildman–Crippen MR) is 56.1 cm³/mol. The molecule has 0 heterocycles. The third-order valence-electron chi connectivity index (χ3n) is 2.09. The number of nitrogens with zero attached hydrogens (tertiary/aromatic N) is 1. The first-order valence-electron chi connectivity index (χ1n) is 4.63. The van der Waals surface area contributed by atoms with E-state index in [2.05, 4.69) is 4.84 Å². The molecule has 1 atom stereocenters. The highest BCUT2D eigenvalue weighted by Crippen LogP contribution is 2.13. The lowest BCUT2D eigenvalue weighted by molar-refractivity contribution is -0.736. The Morgan fingerprint density at radius 2 is 2.06 bits per heavy atom. The lowest BCUT2D eigenvalue weighted by Gasteiger charge is -2.05. The summed E-state index contributed by atoms with van der Waals surface area (Å²) >= 11 is 0. The number of carboxylic acid groups (broad SMARTS) is 1. The van der Waals surface area contributed by atoms with Crippen molar-refractivity contribution in [1.29, 1.82) is 0 Å². The fraction of sp³-hybridized carbons (Fsp3) is 0.300. The molecule has 1 rings (SSSR count). The van der Waals surface area contributed by atoms with Crippen molar-refractivity contribution >= 4 is 11.7 Å². The number of aliphatic carboxylic acids is 1. The number of benzene rings is 1. The van der Waals surface area contributed by atoms with E-state index in [0.29, 0.717) is 10.6 Å². The summed E-state index contributed by atoms with van der Waals surface area (Å²) < 4.78 is 0. The van der Waals surface area contributed by atoms with Crippen LogP contribution in [0.5, 0.6) is 0 Å². The third kappa shape index (κ3) is 3.03. The van der Waals surface area contributed by atoms with E-state index in [9.17, 15) is 9.70 Å². The van der Waals surface area contributed by atoms with Crippen LogP contribution in [0.15, 0.2) is 24.3 Å². The van der Waals surface area contributed by atoms with Gasteiger partial charge >= 0.3 is 11.7 Å². The molecule has 0 radical (unpaired) electrons. The summed E-state index contributed by atoms with van der Waals surface area (Å²) in [5.41, 5.74) is 6.47. The molecule has 3 N–H and O–H groups in total. The Hall–Kier alpha value is -1.95. The zero-order valence-electron chi connectivity index (χ0n) is 8.79. The van der Waals surface area contributed by atoms with Crippen molar-refractivity contribution in [1.82, 2.24) is 0 Å². The number of hydrogen-bond acceptors (Lipinski definition) is 4. The average molecular weight is 225 g/mol. The van der Waals surface area contributed by atoms with E-state index in [1.165, 1.54) is 7.11 Å². The summed E-state index contributed by atoms with van der Waals surface area (Å²) in [6.45, 7) is 0. The normalized spacial score (nSPS) is 11.9. The monoisotopic (exact) mass is 225 g/mol. The first-order valence-corrected chi connectivity index (χ1v) is 4.63. The summed E-state index contributed by atoms with van der Waals surface area (Å²) in [7, 11) is 1.27. The van der Waals surface area contributed by atoms with Crippen LogP contribution in [0.2, 0.25) is 0 Å². The van der Waals surface area contributed by atoms with Crippen LogP contribution in [-0.4, -0.2) is 29.2 Å². The van der Waals surface area contributed by atoms with E-state index in [-0.39, 0.29) is 6.42 Å². The van der Waals surface area contributed by atoms with Gasteiger partial charge in [0.25, 0.3) is 4.92 Å². The topological polar surface area (TPSA) is 92.6 Å². The van der Waals surface area contributed by atoms with Crippen LogP contribution in [-0.2, 0) is 16.1 Å². The molecule has 0 aromatic heterocycles. The zero-order chi connectivity index (χ0) is 12.1. The van der Waals surface area contributed by atoms with Crippen LogP contribution in [0.4, 0.5) is 5.69 Å². The van der Waals surface area contributed by atoms with E-state index in [0.717, 1.165) is 5.56 Å². The van der Waals surface area contributed by atoms with Gasteiger partial charge in [0, 0.05) is 12.1 Å². The Kier molecular flexibility index (Phi) is 3.96. The summed E-state index contributed by atoms with van der Waals surface area (Å²) in [4.78, 5) is 26.4. The van der Waals surface area contributed by atoms with Gasteiger partial charge in [-0.15, -0.1) is 0 Å². The van der Waals surface area contributed by atoms with Crippen LogP contribution in [0.1, 0.15) is 5.56 Å². The maximum atomic E-state index is 11.0. The molecule has 1 aromatic carbocycles. The summed E-state index contributed by atoms with van der Waals surface area (Å²) in [5.74, 6) is -1.05. The van der Waals surface area contributed by atoms with Gasteiger partial charge in [0.15, 0.2) is 7.11 Å². The van der Waals surface area contributed by atoms with Crippen LogP contribution in [0.25, 0.3) is 0 Å². The van der Waals surface area contributed by atoms with E-state index < -0.39 is 12.0 Å². The van der Waals surface area contributed by atoms with Gasteiger partial charge in [0.05, 0.1) is 4.91 Å². The minimum Gasteiger partial charge on any atom is -0.480 e. The molecule has 0 aliphatic carbocycles. The minimum atomic E-state index is -1.05. The Balaban J connectivity index is 2.72. The highest BCUT2D eigenvalue weighted by atomic mass is 16.8. The summed E-state index contributed by atoms with van der Waals surface area (Å²) in [5, 5.41) is 8.62. The molecular formula is C10H13N2O4+. The zero-order valence-corrected chi connectivity index (χ0v) is 8.79. The third-order valence-corrected chi connectivity index (χ3v) is 2.09. The number of nitrogens with two attached hydrogens (primary N) is 1. The van der Waals surface area contributed by atoms with Gasteiger partial charge < -0.3 is 10.8 Å². The first kappa shape index (κ1) is 12.1. The van der Waals surface area contributed by atoms with E-state index in [4.69, 9.17) is 10.8 Å². The molecule has 0 amide bonds. The van der Waals surface area contributed by atoms with Crippen molar-refractivity contribution in [3.63, 3.8) is 0 Å². The molecule has 1 aromatic rings. The molecule has 0 saturated heterocycles. The number of rotatable bonds is 5. The molecule has 6 heteroatoms. The fourth-order valence-electron chi connectivity index (χ4n) is 1.20. The maximum Gasteiger partial charge on any atom is 0.320 e. The SMILES string of the molecule is CO[N+](=O)c1ccc(CC(N)C(=O)O)cc1. The van der Waals surface area contributed by atoms with Crippen molar-refractivity contribution < 1.29 is 19.7 Å². The smallest absolute Gasteiger partial charge is 0.320 e. The van der Waals surface area contributed by atoms with Crippen LogP contribution in [0.3, 0.4) is 0 Å². The quantitative estimate of drug-likeness (QED) is 0.716. The second kappa shape index (κ2) is 5.22. The molecule has 16 heavy (non-hydrogen) atoms. The second-order valence-corrected chi connectivity index (χ2v) is 3.25. The second-order valence-electron chi connectivity index (χ2n) is 3.25. The molecule has 0 spiro atoms. The molecule has 6 nitrogen and oxygen atoms in total. The van der Waals surface area contributed by atoms with Crippen LogP contribution < -0.4 is 5.73 Å². The predicted octanol–water partition coefficient (Wildman–Crippen LogP) is 0.613. The Morgan fingerprint density at radius 3 is 2.50 bits per heavy atom. The highest BCUT2D eigenvalue weighted by Gasteiger charge is 2.15. The largest absolute Gasteiger partial charge is 0.480 e. The van der Waals surface area contributed by atoms with Crippen molar-refractivity contribution in [3.05, 3.63) is 34.7 Å². The fourth-order valence-corrected chi connectivity index (χ4v) is 1.20. The maximum absolute atomic E-state index is 11.0. The molecule has 86 valence electrons. The van der Waals surface area contributed by atoms with Crippen molar-refractivity contribution in [2.45, 2.75) is 12.5 Å². The minimum absolute atomic E-state index is 0.224. The van der Waals surface area contributed by atoms with E-state index in [1.54, 1.807) is 24.3 Å². The Labute approximate surface area is 92.2 Å². The molecule has 0 saturated carbocycles. The number of carboxylic acids is 1. The van der Waals surface area contributed by atoms with Crippen molar-refractivity contribution in [2.75, 3.05) is 7.11 Å². The Morgan fingerprint density at radius 1 is 1.50 bits per heavy atom. The first-order chi connectivity index (χ1) is 7.54. The van der Waals surface area contributed by atoms with Gasteiger partial charge in [0.2, 0.25) is 0 Å². The van der Waals surface area contributed by atoms with Crippen LogP contribution in [0, 0.1) is 4.91 Å². The van der Waals surface area contributed by atoms with E-state index in [1.807, 2.05) is 0 Å². The van der Waals surface area contributed by atoms with Gasteiger partial charge in [0.1, 0.15) is 6.04 Å². The van der Waals surface area contributed by atoms with Gasteiger partial charge in [-0.1, -0.05) is 12.1 Å². The summed E-state index contributed by atoms with van der Waals surface area (Å²) in [6, 6.07) is 5.43. The molecule has 1 unspecified atom stereocenters. The average Bonchev–Trinajstić information content (AvgIpc) is 2.28. The van der Waals surface area contributed by atoms with Crippen molar-refractivity contribution in [2.24, 2.45) is 5.73 Å². The van der Waals surface area contributed by atoms with E-state index >= 15 is 0 Å². The molecule has 0 bridgehead atoms. The molecular weight excluding hydrogens is 212 g/mol. The summed E-state index contributed by atoms with van der Waals surface area (Å²) in [6.07, 6.45) is 0.224. The molecule has 0 fully saturated rings. The van der Waals surface area contributed by atoms with Gasteiger partial charge in [-0.2, -0.15) is 0 Å². The number of carbonyl (C=O) groups is 1. The van der Waals surface area contributed by atoms with Gasteiger partial charge in [-0.25, -0.2) is 4.84 Å². The molecule has 0 aliphatic rings. The van der Waals surface area contributed by atoms with Gasteiger partial charge in [-0.3, -0.25) is 4.79 Å². The van der Waals surface area contributed by atoms with Gasteiger partial charge in [-0.05, 0) is 12.0 Å². The highest BCUT2D eigenvalue weighted by molar-refractivity contribution is 5.73. The molecule has 0 aliphatic heterocycles. The lowest BCUT2D eigenvalue weighted by Crippen LogP contribution is -2.32. The Bertz CT molecular complexity index is 388. The lowest BCUT2D eigenvalue weighted by atomic mass is 10.1. The van der Waals surface area contributed by atoms with Crippen molar-refractivity contribution in [3.8, 4) is 0 Å².